The number of sulfonamides is 1. The van der Waals surface area contributed by atoms with Crippen molar-refractivity contribution in [1.82, 2.24) is 9.29 Å². The number of methoxy groups -OCH3 is 1. The third-order valence-electron chi connectivity index (χ3n) is 4.65. The van der Waals surface area contributed by atoms with Crippen molar-refractivity contribution in [1.29, 1.82) is 0 Å². The second-order valence-electron chi connectivity index (χ2n) is 6.54. The molecule has 7 nitrogen and oxygen atoms in total. The average Bonchev–Trinajstić information content (AvgIpc) is 3.23. The molecule has 1 aliphatic rings. The van der Waals surface area contributed by atoms with E-state index in [9.17, 15) is 12.8 Å². The Balaban J connectivity index is 1.61. The summed E-state index contributed by atoms with van der Waals surface area (Å²) in [5.41, 5.74) is 1.08. The molecule has 0 unspecified atom stereocenters. The minimum atomic E-state index is -3.61. The van der Waals surface area contributed by atoms with Gasteiger partial charge in [0.1, 0.15) is 11.6 Å². The number of anilines is 2. The lowest BCUT2D eigenvalue weighted by Gasteiger charge is -2.26. The van der Waals surface area contributed by atoms with Crippen LogP contribution in [0.25, 0.3) is 11.3 Å². The van der Waals surface area contributed by atoms with E-state index >= 15 is 0 Å². The molecule has 0 atom stereocenters. The van der Waals surface area contributed by atoms with Crippen molar-refractivity contribution in [3.63, 3.8) is 0 Å². The van der Waals surface area contributed by atoms with Crippen LogP contribution in [0.3, 0.4) is 0 Å². The number of halogens is 1. The molecule has 0 aliphatic carbocycles. The van der Waals surface area contributed by atoms with E-state index in [-0.39, 0.29) is 16.7 Å². The molecule has 158 valence electrons. The summed E-state index contributed by atoms with van der Waals surface area (Å²) >= 11 is 1.74. The predicted octanol–water partition coefficient (Wildman–Crippen LogP) is 3.97. The molecule has 1 aromatic heterocycles. The second kappa shape index (κ2) is 8.66. The molecule has 0 saturated carbocycles. The van der Waals surface area contributed by atoms with E-state index in [0.717, 1.165) is 11.5 Å². The number of ether oxygens (including phenoxy) is 1. The monoisotopic (exact) mass is 449 g/mol. The summed E-state index contributed by atoms with van der Waals surface area (Å²) in [6.07, 6.45) is 1.51. The van der Waals surface area contributed by atoms with E-state index in [1.165, 1.54) is 41.9 Å². The molecule has 0 radical (unpaired) electrons. The zero-order chi connectivity index (χ0) is 21.1. The first-order valence-corrected chi connectivity index (χ1v) is 11.8. The Kier molecular flexibility index (Phi) is 5.98. The standard InChI is InChI=1S/C20H20FN3O4S2/c1-27-18-7-6-16(30(25,26)24-8-10-29-11-9-24)12-17(18)23-20-22-13-19(28-20)14-2-4-15(21)5-3-14/h2-7,12-13H,8-11H2,1H3,(H,22,23). The fraction of sp³-hybridized carbons (Fsp3) is 0.250. The van der Waals surface area contributed by atoms with Gasteiger partial charge in [0.05, 0.1) is 23.9 Å². The van der Waals surface area contributed by atoms with Gasteiger partial charge in [0.15, 0.2) is 5.76 Å². The maximum absolute atomic E-state index is 13.1. The van der Waals surface area contributed by atoms with Gasteiger partial charge in [-0.05, 0) is 42.5 Å². The van der Waals surface area contributed by atoms with Crippen molar-refractivity contribution in [2.75, 3.05) is 37.0 Å². The molecule has 2 heterocycles. The van der Waals surface area contributed by atoms with E-state index in [1.54, 1.807) is 30.0 Å². The van der Waals surface area contributed by atoms with Crippen molar-refractivity contribution in [3.8, 4) is 17.1 Å². The van der Waals surface area contributed by atoms with Crippen LogP contribution in [-0.2, 0) is 10.0 Å². The molecule has 3 aromatic rings. The first-order valence-electron chi connectivity index (χ1n) is 9.22. The number of hydrogen-bond donors (Lipinski definition) is 1. The van der Waals surface area contributed by atoms with Gasteiger partial charge in [0, 0.05) is 30.2 Å². The van der Waals surface area contributed by atoms with Crippen LogP contribution >= 0.6 is 11.8 Å². The van der Waals surface area contributed by atoms with Crippen LogP contribution in [0.4, 0.5) is 16.1 Å². The van der Waals surface area contributed by atoms with Crippen molar-refractivity contribution in [3.05, 3.63) is 54.5 Å². The summed E-state index contributed by atoms with van der Waals surface area (Å²) in [5.74, 6) is 2.12. The number of benzene rings is 2. The molecule has 1 N–H and O–H groups in total. The van der Waals surface area contributed by atoms with Crippen molar-refractivity contribution in [2.45, 2.75) is 4.90 Å². The van der Waals surface area contributed by atoms with Crippen LogP contribution in [0.2, 0.25) is 0 Å². The van der Waals surface area contributed by atoms with Crippen LogP contribution in [0.15, 0.2) is 58.0 Å². The number of nitrogens with one attached hydrogen (secondary N) is 1. The van der Waals surface area contributed by atoms with Crippen molar-refractivity contribution in [2.24, 2.45) is 0 Å². The Morgan fingerprint density at radius 1 is 1.17 bits per heavy atom. The van der Waals surface area contributed by atoms with Gasteiger partial charge < -0.3 is 14.5 Å². The van der Waals surface area contributed by atoms with Crippen molar-refractivity contribution < 1.29 is 22.0 Å². The zero-order valence-electron chi connectivity index (χ0n) is 16.2. The van der Waals surface area contributed by atoms with Crippen LogP contribution in [-0.4, -0.2) is 49.4 Å². The summed E-state index contributed by atoms with van der Waals surface area (Å²) < 4.78 is 51.6. The van der Waals surface area contributed by atoms with Gasteiger partial charge in [-0.1, -0.05) is 0 Å². The highest BCUT2D eigenvalue weighted by Crippen LogP contribution is 2.33. The molecule has 2 aromatic carbocycles. The van der Waals surface area contributed by atoms with Crippen LogP contribution < -0.4 is 10.1 Å². The van der Waals surface area contributed by atoms with Crippen LogP contribution in [0.1, 0.15) is 0 Å². The number of aromatic nitrogens is 1. The highest BCUT2D eigenvalue weighted by atomic mass is 32.2. The van der Waals surface area contributed by atoms with Gasteiger partial charge in [-0.3, -0.25) is 0 Å². The molecular weight excluding hydrogens is 429 g/mol. The van der Waals surface area contributed by atoms with E-state index in [4.69, 9.17) is 9.15 Å². The number of thioether (sulfide) groups is 1. The first-order chi connectivity index (χ1) is 14.5. The molecule has 1 aliphatic heterocycles. The van der Waals surface area contributed by atoms with Gasteiger partial charge in [-0.25, -0.2) is 17.8 Å². The lowest BCUT2D eigenvalue weighted by molar-refractivity contribution is 0.415. The number of hydrogen-bond acceptors (Lipinski definition) is 7. The van der Waals surface area contributed by atoms with Gasteiger partial charge >= 0.3 is 0 Å². The van der Waals surface area contributed by atoms with Gasteiger partial charge in [0.2, 0.25) is 10.0 Å². The van der Waals surface area contributed by atoms with Gasteiger partial charge in [-0.2, -0.15) is 16.1 Å². The number of nitrogens with zero attached hydrogens (tertiary/aromatic N) is 2. The Morgan fingerprint density at radius 2 is 1.90 bits per heavy atom. The summed E-state index contributed by atoms with van der Waals surface area (Å²) in [5, 5.41) is 2.98. The minimum absolute atomic E-state index is 0.163. The fourth-order valence-corrected chi connectivity index (χ4v) is 5.68. The lowest BCUT2D eigenvalue weighted by Crippen LogP contribution is -2.37. The largest absolute Gasteiger partial charge is 0.495 e. The van der Waals surface area contributed by atoms with Gasteiger partial charge in [0.25, 0.3) is 6.01 Å². The third-order valence-corrected chi connectivity index (χ3v) is 7.49. The highest BCUT2D eigenvalue weighted by Gasteiger charge is 2.27. The van der Waals surface area contributed by atoms with E-state index in [0.29, 0.717) is 35.9 Å². The Morgan fingerprint density at radius 3 is 2.60 bits per heavy atom. The zero-order valence-corrected chi connectivity index (χ0v) is 17.8. The summed E-state index contributed by atoms with van der Waals surface area (Å²) in [4.78, 5) is 4.35. The minimum Gasteiger partial charge on any atom is -0.495 e. The summed E-state index contributed by atoms with van der Waals surface area (Å²) in [7, 11) is -2.11. The number of rotatable bonds is 6. The summed E-state index contributed by atoms with van der Waals surface area (Å²) in [6.45, 7) is 0.977. The molecular formula is C20H20FN3O4S2. The number of oxazole rings is 1. The Bertz CT molecular complexity index is 1130. The molecule has 1 saturated heterocycles. The van der Waals surface area contributed by atoms with Crippen LogP contribution in [0.5, 0.6) is 5.75 Å². The average molecular weight is 450 g/mol. The smallest absolute Gasteiger partial charge is 0.299 e. The third kappa shape index (κ3) is 4.30. The Labute approximate surface area is 178 Å². The second-order valence-corrected chi connectivity index (χ2v) is 9.70. The molecule has 0 amide bonds. The Hall–Kier alpha value is -2.56. The first kappa shape index (κ1) is 20.7. The lowest BCUT2D eigenvalue weighted by atomic mass is 10.2. The molecule has 0 bridgehead atoms. The maximum Gasteiger partial charge on any atom is 0.299 e. The molecule has 0 spiro atoms. The van der Waals surface area contributed by atoms with E-state index < -0.39 is 10.0 Å². The normalized spacial score (nSPS) is 15.1. The molecule has 1 fully saturated rings. The quantitative estimate of drug-likeness (QED) is 0.609. The molecule has 4 rings (SSSR count). The summed E-state index contributed by atoms with van der Waals surface area (Å²) in [6, 6.07) is 10.6. The van der Waals surface area contributed by atoms with E-state index in [1.807, 2.05) is 0 Å². The van der Waals surface area contributed by atoms with Crippen molar-refractivity contribution >= 4 is 33.5 Å². The van der Waals surface area contributed by atoms with E-state index in [2.05, 4.69) is 10.3 Å². The highest BCUT2D eigenvalue weighted by molar-refractivity contribution is 7.99. The topological polar surface area (TPSA) is 84.7 Å². The SMILES string of the molecule is COc1ccc(S(=O)(=O)N2CCSCC2)cc1Nc1ncc(-c2ccc(F)cc2)o1. The van der Waals surface area contributed by atoms with Crippen LogP contribution in [0, 0.1) is 5.82 Å². The molecule has 10 heteroatoms. The fourth-order valence-electron chi connectivity index (χ4n) is 3.08. The predicted molar refractivity (Wildman–Crippen MR) is 114 cm³/mol. The maximum atomic E-state index is 13.1. The molecule has 30 heavy (non-hydrogen) atoms. The van der Waals surface area contributed by atoms with Gasteiger partial charge in [-0.15, -0.1) is 0 Å².